The minimum Gasteiger partial charge on any atom is -0.262 e. The Labute approximate surface area is 109 Å². The summed E-state index contributed by atoms with van der Waals surface area (Å²) in [4.78, 5) is 3.98. The van der Waals surface area contributed by atoms with Crippen LogP contribution in [0.2, 0.25) is 10.0 Å². The van der Waals surface area contributed by atoms with Crippen molar-refractivity contribution in [3.05, 3.63) is 52.8 Å². The van der Waals surface area contributed by atoms with Crippen LogP contribution in [0, 0.1) is 0 Å². The summed E-state index contributed by atoms with van der Waals surface area (Å²) in [7, 11) is -3.58. The summed E-state index contributed by atoms with van der Waals surface area (Å²) < 4.78 is 24.3. The van der Waals surface area contributed by atoms with E-state index < -0.39 is 9.84 Å². The molecule has 0 amide bonds. The van der Waals surface area contributed by atoms with Crippen LogP contribution in [0.5, 0.6) is 0 Å². The maximum atomic E-state index is 12.2. The Bertz CT molecular complexity index is 639. The summed E-state index contributed by atoms with van der Waals surface area (Å²) in [6.45, 7) is 0. The van der Waals surface area contributed by atoms with Gasteiger partial charge in [0.25, 0.3) is 0 Å². The second kappa shape index (κ2) is 4.64. The second-order valence-corrected chi connectivity index (χ2v) is 6.12. The van der Waals surface area contributed by atoms with E-state index in [4.69, 9.17) is 23.2 Å². The third-order valence-electron chi connectivity index (χ3n) is 2.11. The first-order valence-corrected chi connectivity index (χ1v) is 6.85. The van der Waals surface area contributed by atoms with Gasteiger partial charge < -0.3 is 0 Å². The summed E-state index contributed by atoms with van der Waals surface area (Å²) in [5.41, 5.74) is 0. The Morgan fingerprint density at radius 3 is 2.12 bits per heavy atom. The van der Waals surface area contributed by atoms with E-state index in [1.165, 1.54) is 42.7 Å². The lowest BCUT2D eigenvalue weighted by Crippen LogP contribution is -2.02. The fraction of sp³-hybridized carbons (Fsp3) is 0. The summed E-state index contributed by atoms with van der Waals surface area (Å²) in [5.74, 6) is 0. The highest BCUT2D eigenvalue weighted by Crippen LogP contribution is 2.23. The summed E-state index contributed by atoms with van der Waals surface area (Å²) in [6.07, 6.45) is 2.64. The Morgan fingerprint density at radius 1 is 0.882 bits per heavy atom. The van der Waals surface area contributed by atoms with Gasteiger partial charge in [-0.1, -0.05) is 23.2 Å². The maximum Gasteiger partial charge on any atom is 0.208 e. The van der Waals surface area contributed by atoms with Crippen LogP contribution in [-0.4, -0.2) is 13.4 Å². The fourth-order valence-corrected chi connectivity index (χ4v) is 2.90. The lowest BCUT2D eigenvalue weighted by Gasteiger charge is -2.04. The molecule has 2 aromatic rings. The van der Waals surface area contributed by atoms with Crippen molar-refractivity contribution in [2.45, 2.75) is 9.79 Å². The number of hydrogen-bond donors (Lipinski definition) is 0. The fourth-order valence-electron chi connectivity index (χ4n) is 1.29. The molecule has 0 spiro atoms. The number of nitrogens with zero attached hydrogens (tertiary/aromatic N) is 1. The zero-order chi connectivity index (χ0) is 12.5. The van der Waals surface area contributed by atoms with Crippen molar-refractivity contribution in [3.63, 3.8) is 0 Å². The van der Waals surface area contributed by atoms with Crippen molar-refractivity contribution >= 4 is 33.0 Å². The number of benzene rings is 1. The van der Waals surface area contributed by atoms with Crippen LogP contribution in [0.3, 0.4) is 0 Å². The van der Waals surface area contributed by atoms with Crippen LogP contribution in [-0.2, 0) is 9.84 Å². The van der Waals surface area contributed by atoms with Crippen molar-refractivity contribution in [1.29, 1.82) is 0 Å². The van der Waals surface area contributed by atoms with Crippen molar-refractivity contribution in [1.82, 2.24) is 4.98 Å². The van der Waals surface area contributed by atoms with Gasteiger partial charge in [-0.15, -0.1) is 0 Å². The molecule has 1 heterocycles. The SMILES string of the molecule is O=S(=O)(c1ccc(Cl)cc1)c1cncc(Cl)c1. The van der Waals surface area contributed by atoms with E-state index in [2.05, 4.69) is 4.98 Å². The van der Waals surface area contributed by atoms with E-state index in [1.807, 2.05) is 0 Å². The molecule has 0 saturated carbocycles. The first kappa shape index (κ1) is 12.4. The minimum absolute atomic E-state index is 0.0623. The molecular weight excluding hydrogens is 281 g/mol. The molecule has 2 rings (SSSR count). The number of rotatable bonds is 2. The molecule has 0 saturated heterocycles. The minimum atomic E-state index is -3.58. The number of aromatic nitrogens is 1. The first-order chi connectivity index (χ1) is 8.00. The number of hydrogen-bond acceptors (Lipinski definition) is 3. The van der Waals surface area contributed by atoms with E-state index >= 15 is 0 Å². The lowest BCUT2D eigenvalue weighted by molar-refractivity contribution is 0.595. The van der Waals surface area contributed by atoms with Gasteiger partial charge in [0.2, 0.25) is 9.84 Å². The van der Waals surface area contributed by atoms with E-state index in [0.29, 0.717) is 5.02 Å². The van der Waals surface area contributed by atoms with Gasteiger partial charge in [-0.05, 0) is 30.3 Å². The molecule has 0 unspecified atom stereocenters. The van der Waals surface area contributed by atoms with Crippen molar-refractivity contribution in [2.24, 2.45) is 0 Å². The predicted octanol–water partition coefficient (Wildman–Crippen LogP) is 3.22. The van der Waals surface area contributed by atoms with Crippen LogP contribution < -0.4 is 0 Å². The van der Waals surface area contributed by atoms with Gasteiger partial charge in [0, 0.05) is 17.4 Å². The zero-order valence-electron chi connectivity index (χ0n) is 8.47. The van der Waals surface area contributed by atoms with E-state index in [1.54, 1.807) is 0 Å². The summed E-state index contributed by atoms with van der Waals surface area (Å²) in [6, 6.07) is 7.29. The van der Waals surface area contributed by atoms with E-state index in [0.717, 1.165) is 0 Å². The Hall–Kier alpha value is -1.10. The van der Waals surface area contributed by atoms with Gasteiger partial charge in [0.15, 0.2) is 0 Å². The molecule has 6 heteroatoms. The third kappa shape index (κ3) is 2.60. The van der Waals surface area contributed by atoms with Gasteiger partial charge in [-0.2, -0.15) is 0 Å². The Morgan fingerprint density at radius 2 is 1.53 bits per heavy atom. The summed E-state index contributed by atoms with van der Waals surface area (Å²) >= 11 is 11.4. The number of halogens is 2. The number of sulfone groups is 1. The van der Waals surface area contributed by atoms with Gasteiger partial charge in [-0.25, -0.2) is 8.42 Å². The zero-order valence-corrected chi connectivity index (χ0v) is 10.8. The molecule has 0 atom stereocenters. The van der Waals surface area contributed by atoms with Crippen molar-refractivity contribution in [2.75, 3.05) is 0 Å². The van der Waals surface area contributed by atoms with Crippen LogP contribution >= 0.6 is 23.2 Å². The molecule has 17 heavy (non-hydrogen) atoms. The molecule has 3 nitrogen and oxygen atoms in total. The molecule has 0 aliphatic carbocycles. The molecular formula is C11H7Cl2NO2S. The average molecular weight is 288 g/mol. The van der Waals surface area contributed by atoms with Gasteiger partial charge in [0.05, 0.1) is 14.8 Å². The average Bonchev–Trinajstić information content (AvgIpc) is 2.29. The van der Waals surface area contributed by atoms with Crippen LogP contribution in [0.15, 0.2) is 52.5 Å². The van der Waals surface area contributed by atoms with Crippen LogP contribution in [0.25, 0.3) is 0 Å². The monoisotopic (exact) mass is 287 g/mol. The largest absolute Gasteiger partial charge is 0.262 e. The Balaban J connectivity index is 2.54. The third-order valence-corrected chi connectivity index (χ3v) is 4.31. The Kier molecular flexibility index (Phi) is 3.38. The molecule has 0 aliphatic heterocycles. The highest BCUT2D eigenvalue weighted by Gasteiger charge is 2.18. The summed E-state index contributed by atoms with van der Waals surface area (Å²) in [5, 5.41) is 0.758. The van der Waals surface area contributed by atoms with Gasteiger partial charge in [0.1, 0.15) is 0 Å². The van der Waals surface area contributed by atoms with Crippen LogP contribution in [0.1, 0.15) is 0 Å². The van der Waals surface area contributed by atoms with Gasteiger partial charge in [-0.3, -0.25) is 4.98 Å². The maximum absolute atomic E-state index is 12.2. The highest BCUT2D eigenvalue weighted by atomic mass is 35.5. The first-order valence-electron chi connectivity index (χ1n) is 4.61. The van der Waals surface area contributed by atoms with E-state index in [-0.39, 0.29) is 14.8 Å². The van der Waals surface area contributed by atoms with E-state index in [9.17, 15) is 8.42 Å². The highest BCUT2D eigenvalue weighted by molar-refractivity contribution is 7.91. The molecule has 0 fully saturated rings. The van der Waals surface area contributed by atoms with Gasteiger partial charge >= 0.3 is 0 Å². The predicted molar refractivity (Wildman–Crippen MR) is 66.2 cm³/mol. The van der Waals surface area contributed by atoms with Crippen molar-refractivity contribution < 1.29 is 8.42 Å². The normalized spacial score (nSPS) is 11.4. The molecule has 1 aromatic heterocycles. The second-order valence-electron chi connectivity index (χ2n) is 3.30. The quantitative estimate of drug-likeness (QED) is 0.852. The molecule has 88 valence electrons. The molecule has 1 aromatic carbocycles. The lowest BCUT2D eigenvalue weighted by atomic mass is 10.4. The van der Waals surface area contributed by atoms with Crippen LogP contribution in [0.4, 0.5) is 0 Å². The molecule has 0 bridgehead atoms. The molecule has 0 N–H and O–H groups in total. The molecule has 0 radical (unpaired) electrons. The standard InChI is InChI=1S/C11H7Cl2NO2S/c12-8-1-3-10(4-2-8)17(15,16)11-5-9(13)6-14-7-11/h1-7H. The smallest absolute Gasteiger partial charge is 0.208 e. The topological polar surface area (TPSA) is 47.0 Å². The number of pyridine rings is 1. The van der Waals surface area contributed by atoms with Crippen molar-refractivity contribution in [3.8, 4) is 0 Å². The molecule has 0 aliphatic rings.